The van der Waals surface area contributed by atoms with Crippen LogP contribution in [0.4, 0.5) is 0 Å². The molecule has 1 N–H and O–H groups in total. The van der Waals surface area contributed by atoms with Crippen LogP contribution < -0.4 is 4.74 Å². The molecule has 0 spiro atoms. The Morgan fingerprint density at radius 3 is 2.21 bits per heavy atom. The van der Waals surface area contributed by atoms with Gasteiger partial charge in [-0.3, -0.25) is 4.79 Å². The van der Waals surface area contributed by atoms with E-state index in [0.29, 0.717) is 24.0 Å². The molecule has 5 nitrogen and oxygen atoms in total. The molecule has 0 radical (unpaired) electrons. The Morgan fingerprint density at radius 1 is 1.00 bits per heavy atom. The predicted octanol–water partition coefficient (Wildman–Crippen LogP) is 4.34. The summed E-state index contributed by atoms with van der Waals surface area (Å²) in [5.41, 5.74) is 2.69. The molecule has 3 unspecified atom stereocenters. The zero-order chi connectivity index (χ0) is 20.1. The van der Waals surface area contributed by atoms with Gasteiger partial charge in [-0.2, -0.15) is 0 Å². The molecule has 0 aliphatic heterocycles. The highest BCUT2D eigenvalue weighted by molar-refractivity contribution is 5.89. The topological polar surface area (TPSA) is 72.8 Å². The summed E-state index contributed by atoms with van der Waals surface area (Å²) in [6.45, 7) is 2.57. The first kappa shape index (κ1) is 19.9. The summed E-state index contributed by atoms with van der Waals surface area (Å²) in [6.07, 6.45) is 2.44. The lowest BCUT2D eigenvalue weighted by atomic mass is 9.91. The van der Waals surface area contributed by atoms with E-state index in [9.17, 15) is 14.7 Å². The number of esters is 1. The van der Waals surface area contributed by atoms with Gasteiger partial charge in [-0.05, 0) is 66.5 Å². The number of carbonyl (C=O) groups excluding carboxylic acids is 1. The van der Waals surface area contributed by atoms with E-state index in [1.54, 1.807) is 12.1 Å². The zero-order valence-corrected chi connectivity index (χ0v) is 16.3. The minimum Gasteiger partial charge on any atom is -0.489 e. The van der Waals surface area contributed by atoms with E-state index < -0.39 is 5.97 Å². The van der Waals surface area contributed by atoms with E-state index in [-0.39, 0.29) is 11.9 Å². The summed E-state index contributed by atoms with van der Waals surface area (Å²) in [7, 11) is 1.36. The molecule has 28 heavy (non-hydrogen) atoms. The molecule has 0 amide bonds. The third-order valence-corrected chi connectivity index (χ3v) is 5.60. The molecule has 1 aliphatic rings. The van der Waals surface area contributed by atoms with Gasteiger partial charge in [0.15, 0.2) is 0 Å². The van der Waals surface area contributed by atoms with Gasteiger partial charge in [-0.25, -0.2) is 4.79 Å². The summed E-state index contributed by atoms with van der Waals surface area (Å²) in [6, 6.07) is 15.1. The molecule has 2 aromatic rings. The van der Waals surface area contributed by atoms with E-state index in [1.165, 1.54) is 12.7 Å². The lowest BCUT2D eigenvalue weighted by Crippen LogP contribution is -2.10. The highest BCUT2D eigenvalue weighted by Gasteiger charge is 2.35. The smallest absolute Gasteiger partial charge is 0.337 e. The molecule has 0 bridgehead atoms. The van der Waals surface area contributed by atoms with Crippen molar-refractivity contribution in [1.29, 1.82) is 0 Å². The van der Waals surface area contributed by atoms with Gasteiger partial charge in [0.25, 0.3) is 0 Å². The summed E-state index contributed by atoms with van der Waals surface area (Å²) < 4.78 is 10.5. The maximum Gasteiger partial charge on any atom is 0.337 e. The molecule has 3 atom stereocenters. The number of aliphatic carboxylic acids is 1. The Morgan fingerprint density at radius 2 is 1.64 bits per heavy atom. The second-order valence-electron chi connectivity index (χ2n) is 7.57. The fourth-order valence-electron chi connectivity index (χ4n) is 3.87. The second-order valence-corrected chi connectivity index (χ2v) is 7.57. The Balaban J connectivity index is 1.52. The standard InChI is InChI=1S/C23H26O5/c1-15-11-20(22(24)25)13-19(15)12-16-5-9-21(10-6-16)28-14-17-3-7-18(8-4-17)23(26)27-2/h3-10,15,19-20H,11-14H2,1-2H3,(H,24,25). The first-order valence-electron chi connectivity index (χ1n) is 9.58. The van der Waals surface area contributed by atoms with Crippen molar-refractivity contribution >= 4 is 11.9 Å². The summed E-state index contributed by atoms with van der Waals surface area (Å²) in [4.78, 5) is 22.7. The zero-order valence-electron chi connectivity index (χ0n) is 16.3. The van der Waals surface area contributed by atoms with Gasteiger partial charge in [-0.15, -0.1) is 0 Å². The third-order valence-electron chi connectivity index (χ3n) is 5.60. The largest absolute Gasteiger partial charge is 0.489 e. The predicted molar refractivity (Wildman–Crippen MR) is 105 cm³/mol. The lowest BCUT2D eigenvalue weighted by Gasteiger charge is -2.15. The summed E-state index contributed by atoms with van der Waals surface area (Å²) >= 11 is 0. The van der Waals surface area contributed by atoms with Gasteiger partial charge < -0.3 is 14.6 Å². The second kappa shape index (κ2) is 8.91. The van der Waals surface area contributed by atoms with Crippen molar-refractivity contribution in [2.45, 2.75) is 32.8 Å². The number of carboxylic acids is 1. The van der Waals surface area contributed by atoms with Gasteiger partial charge in [0.2, 0.25) is 0 Å². The number of rotatable bonds is 7. The maximum atomic E-state index is 11.4. The number of carboxylic acid groups (broad SMARTS) is 1. The molecule has 5 heteroatoms. The van der Waals surface area contributed by atoms with E-state index in [4.69, 9.17) is 4.74 Å². The van der Waals surface area contributed by atoms with Gasteiger partial charge in [0, 0.05) is 0 Å². The molecule has 2 aromatic carbocycles. The van der Waals surface area contributed by atoms with Crippen molar-refractivity contribution in [3.8, 4) is 5.75 Å². The van der Waals surface area contributed by atoms with Crippen molar-refractivity contribution in [3.63, 3.8) is 0 Å². The van der Waals surface area contributed by atoms with Crippen molar-refractivity contribution in [3.05, 3.63) is 65.2 Å². The van der Waals surface area contributed by atoms with E-state index in [1.807, 2.05) is 24.3 Å². The summed E-state index contributed by atoms with van der Waals surface area (Å²) in [5, 5.41) is 9.22. The fraction of sp³-hybridized carbons (Fsp3) is 0.391. The van der Waals surface area contributed by atoms with Crippen LogP contribution >= 0.6 is 0 Å². The SMILES string of the molecule is COC(=O)c1ccc(COc2ccc(CC3CC(C(=O)O)CC3C)cc2)cc1. The van der Waals surface area contributed by atoms with Crippen LogP contribution in [-0.2, 0) is 22.6 Å². The van der Waals surface area contributed by atoms with E-state index in [0.717, 1.165) is 30.6 Å². The quantitative estimate of drug-likeness (QED) is 0.721. The number of benzene rings is 2. The van der Waals surface area contributed by atoms with E-state index >= 15 is 0 Å². The van der Waals surface area contributed by atoms with Crippen LogP contribution in [0, 0.1) is 17.8 Å². The number of methoxy groups -OCH3 is 1. The van der Waals surface area contributed by atoms with E-state index in [2.05, 4.69) is 23.8 Å². The molecule has 0 saturated heterocycles. The van der Waals surface area contributed by atoms with Crippen LogP contribution in [0.25, 0.3) is 0 Å². The van der Waals surface area contributed by atoms with Gasteiger partial charge in [0.1, 0.15) is 12.4 Å². The Hall–Kier alpha value is -2.82. The van der Waals surface area contributed by atoms with Crippen LogP contribution in [0.15, 0.2) is 48.5 Å². The number of hydrogen-bond donors (Lipinski definition) is 1. The molecule has 1 saturated carbocycles. The van der Waals surface area contributed by atoms with Crippen molar-refractivity contribution in [2.75, 3.05) is 7.11 Å². The minimum absolute atomic E-state index is 0.201. The average molecular weight is 382 g/mol. The first-order valence-corrected chi connectivity index (χ1v) is 9.58. The highest BCUT2D eigenvalue weighted by atomic mass is 16.5. The highest BCUT2D eigenvalue weighted by Crippen LogP contribution is 2.38. The minimum atomic E-state index is -0.669. The Kier molecular flexibility index (Phi) is 6.34. The molecule has 0 heterocycles. The van der Waals surface area contributed by atoms with Crippen molar-refractivity contribution in [2.24, 2.45) is 17.8 Å². The van der Waals surface area contributed by atoms with Gasteiger partial charge in [-0.1, -0.05) is 31.2 Å². The first-order chi connectivity index (χ1) is 13.5. The Labute approximate surface area is 165 Å². The lowest BCUT2D eigenvalue weighted by molar-refractivity contribution is -0.141. The van der Waals surface area contributed by atoms with Crippen molar-refractivity contribution < 1.29 is 24.2 Å². The molecule has 0 aromatic heterocycles. The van der Waals surface area contributed by atoms with Crippen LogP contribution in [0.3, 0.4) is 0 Å². The number of hydrogen-bond acceptors (Lipinski definition) is 4. The normalized spacial score (nSPS) is 21.3. The van der Waals surface area contributed by atoms with Gasteiger partial charge in [0.05, 0.1) is 18.6 Å². The third kappa shape index (κ3) is 4.91. The van der Waals surface area contributed by atoms with Gasteiger partial charge >= 0.3 is 11.9 Å². The Bertz CT molecular complexity index is 810. The fourth-order valence-corrected chi connectivity index (χ4v) is 3.87. The number of ether oxygens (including phenoxy) is 2. The van der Waals surface area contributed by atoms with Crippen LogP contribution in [0.5, 0.6) is 5.75 Å². The monoisotopic (exact) mass is 382 g/mol. The molecular formula is C23H26O5. The van der Waals surface area contributed by atoms with Crippen LogP contribution in [0.2, 0.25) is 0 Å². The molecule has 1 aliphatic carbocycles. The molecule has 148 valence electrons. The van der Waals surface area contributed by atoms with Crippen LogP contribution in [0.1, 0.15) is 41.3 Å². The summed E-state index contributed by atoms with van der Waals surface area (Å²) in [5.74, 6) is 0.412. The number of carbonyl (C=O) groups is 2. The molecule has 1 fully saturated rings. The van der Waals surface area contributed by atoms with Crippen molar-refractivity contribution in [1.82, 2.24) is 0 Å². The maximum absolute atomic E-state index is 11.4. The van der Waals surface area contributed by atoms with Crippen LogP contribution in [-0.4, -0.2) is 24.2 Å². The average Bonchev–Trinajstić information content (AvgIpc) is 3.08. The molecule has 3 rings (SSSR count). The molecular weight excluding hydrogens is 356 g/mol.